The molecule has 2 aromatic rings. The van der Waals surface area contributed by atoms with Gasteiger partial charge in [-0.25, -0.2) is 0 Å². The van der Waals surface area contributed by atoms with Crippen molar-refractivity contribution in [1.82, 2.24) is 20.1 Å². The summed E-state index contributed by atoms with van der Waals surface area (Å²) < 4.78 is 16.3. The molecule has 0 unspecified atom stereocenters. The summed E-state index contributed by atoms with van der Waals surface area (Å²) in [7, 11) is 1.55. The molecule has 1 N–H and O–H groups in total. The first kappa shape index (κ1) is 21.8. The first-order chi connectivity index (χ1) is 14.6. The zero-order valence-corrected chi connectivity index (χ0v) is 17.5. The molecule has 0 bridgehead atoms. The number of aromatic amines is 1. The third kappa shape index (κ3) is 5.56. The van der Waals surface area contributed by atoms with E-state index in [-0.39, 0.29) is 30.0 Å². The number of benzene rings is 1. The molecule has 1 fully saturated rings. The number of hydrogen-bond acceptors (Lipinski definition) is 7. The van der Waals surface area contributed by atoms with E-state index >= 15 is 0 Å². The first-order valence-corrected chi connectivity index (χ1v) is 10.2. The van der Waals surface area contributed by atoms with Crippen molar-refractivity contribution in [2.24, 2.45) is 0 Å². The predicted octanol–water partition coefficient (Wildman–Crippen LogP) is 1.81. The van der Waals surface area contributed by atoms with Crippen LogP contribution in [0.25, 0.3) is 11.4 Å². The quantitative estimate of drug-likeness (QED) is 0.589. The molecule has 162 valence electrons. The summed E-state index contributed by atoms with van der Waals surface area (Å²) >= 11 is 0. The van der Waals surface area contributed by atoms with Crippen LogP contribution in [0.15, 0.2) is 23.0 Å². The average Bonchev–Trinajstić information content (AvgIpc) is 3.31. The van der Waals surface area contributed by atoms with Crippen LogP contribution < -0.4 is 15.0 Å². The second-order valence-corrected chi connectivity index (χ2v) is 6.95. The molecule has 1 aliphatic rings. The second-order valence-electron chi connectivity index (χ2n) is 6.95. The van der Waals surface area contributed by atoms with Crippen molar-refractivity contribution in [3.8, 4) is 22.9 Å². The van der Waals surface area contributed by atoms with Gasteiger partial charge in [-0.15, -0.1) is 10.2 Å². The highest BCUT2D eigenvalue weighted by Crippen LogP contribution is 2.31. The number of carbonyl (C=O) groups is 1. The molecule has 0 atom stereocenters. The van der Waals surface area contributed by atoms with Gasteiger partial charge >= 0.3 is 0 Å². The lowest BCUT2D eigenvalue weighted by Gasteiger charge is -2.14. The van der Waals surface area contributed by atoms with Crippen LogP contribution in [0, 0.1) is 0 Å². The van der Waals surface area contributed by atoms with Crippen molar-refractivity contribution >= 4 is 5.91 Å². The lowest BCUT2D eigenvalue weighted by molar-refractivity contribution is -0.130. The molecule has 2 heterocycles. The fraction of sp³-hybridized carbons (Fsp3) is 0.524. The van der Waals surface area contributed by atoms with E-state index in [1.807, 2.05) is 11.8 Å². The third-order valence-electron chi connectivity index (χ3n) is 4.93. The van der Waals surface area contributed by atoms with Crippen LogP contribution in [0.3, 0.4) is 0 Å². The topological polar surface area (TPSA) is 107 Å². The van der Waals surface area contributed by atoms with Gasteiger partial charge in [0.25, 0.3) is 5.56 Å². The van der Waals surface area contributed by atoms with E-state index in [1.54, 1.807) is 25.3 Å². The standard InChI is InChI=1S/C21H28N4O5/c1-3-29-12-13-30-17-8-6-15(14-18(17)28-2)20-22-21(27)16(23-24-20)7-9-19(26)25-10-4-5-11-25/h6,8,14H,3-5,7,9-13H2,1-2H3,(H,22,24,27). The number of nitrogens with zero attached hydrogens (tertiary/aromatic N) is 3. The molecule has 30 heavy (non-hydrogen) atoms. The van der Waals surface area contributed by atoms with Gasteiger partial charge in [0, 0.05) is 38.1 Å². The molecule has 1 saturated heterocycles. The van der Waals surface area contributed by atoms with E-state index in [2.05, 4.69) is 15.2 Å². The number of likely N-dealkylation sites (tertiary alicyclic amines) is 1. The summed E-state index contributed by atoms with van der Waals surface area (Å²) in [6, 6.07) is 5.25. The highest BCUT2D eigenvalue weighted by atomic mass is 16.5. The Bertz CT molecular complexity index is 909. The van der Waals surface area contributed by atoms with E-state index < -0.39 is 0 Å². The summed E-state index contributed by atoms with van der Waals surface area (Å²) in [6.45, 7) is 5.05. The minimum Gasteiger partial charge on any atom is -0.493 e. The Morgan fingerprint density at radius 3 is 2.67 bits per heavy atom. The van der Waals surface area contributed by atoms with Crippen LogP contribution in [-0.2, 0) is 16.0 Å². The summed E-state index contributed by atoms with van der Waals surface area (Å²) in [5.74, 6) is 1.48. The van der Waals surface area contributed by atoms with Gasteiger partial charge in [0.2, 0.25) is 5.91 Å². The Morgan fingerprint density at radius 1 is 1.17 bits per heavy atom. The van der Waals surface area contributed by atoms with Crippen molar-refractivity contribution in [3.63, 3.8) is 0 Å². The number of aryl methyl sites for hydroxylation is 1. The van der Waals surface area contributed by atoms with Crippen LogP contribution in [0.5, 0.6) is 11.5 Å². The molecule has 1 aliphatic heterocycles. The van der Waals surface area contributed by atoms with E-state index in [9.17, 15) is 9.59 Å². The Balaban J connectivity index is 1.66. The van der Waals surface area contributed by atoms with Gasteiger partial charge in [-0.3, -0.25) is 9.59 Å². The first-order valence-electron chi connectivity index (χ1n) is 10.2. The van der Waals surface area contributed by atoms with Gasteiger partial charge in [-0.05, 0) is 38.0 Å². The second kappa shape index (κ2) is 10.7. The number of amides is 1. The number of ether oxygens (including phenoxy) is 3. The lowest BCUT2D eigenvalue weighted by atomic mass is 10.2. The normalized spacial score (nSPS) is 13.5. The Kier molecular flexibility index (Phi) is 7.78. The molecule has 1 amide bonds. The number of nitrogens with one attached hydrogen (secondary N) is 1. The molecular weight excluding hydrogens is 388 g/mol. The maximum atomic E-state index is 12.4. The number of methoxy groups -OCH3 is 1. The van der Waals surface area contributed by atoms with Crippen LogP contribution in [0.4, 0.5) is 0 Å². The minimum atomic E-state index is -0.342. The largest absolute Gasteiger partial charge is 0.493 e. The molecule has 9 nitrogen and oxygen atoms in total. The predicted molar refractivity (Wildman–Crippen MR) is 111 cm³/mol. The molecule has 1 aromatic heterocycles. The number of aromatic nitrogens is 3. The Morgan fingerprint density at radius 2 is 1.97 bits per heavy atom. The monoisotopic (exact) mass is 416 g/mol. The van der Waals surface area contributed by atoms with E-state index in [0.717, 1.165) is 25.9 Å². The minimum absolute atomic E-state index is 0.0578. The van der Waals surface area contributed by atoms with Crippen molar-refractivity contribution in [3.05, 3.63) is 34.2 Å². The third-order valence-corrected chi connectivity index (χ3v) is 4.93. The summed E-state index contributed by atoms with van der Waals surface area (Å²) in [4.78, 5) is 29.2. The fourth-order valence-corrected chi connectivity index (χ4v) is 3.29. The summed E-state index contributed by atoms with van der Waals surface area (Å²) in [5.41, 5.74) is 0.563. The van der Waals surface area contributed by atoms with Crippen molar-refractivity contribution in [2.75, 3.05) is 40.0 Å². The van der Waals surface area contributed by atoms with E-state index in [0.29, 0.717) is 42.7 Å². The average molecular weight is 416 g/mol. The highest BCUT2D eigenvalue weighted by Gasteiger charge is 2.18. The molecule has 0 aliphatic carbocycles. The summed E-state index contributed by atoms with van der Waals surface area (Å²) in [5, 5.41) is 8.18. The number of carbonyl (C=O) groups excluding carboxylic acids is 1. The molecule has 1 aromatic carbocycles. The SMILES string of the molecule is CCOCCOc1ccc(-c2nnc(CCC(=O)N3CCCC3)c(=O)[nH]2)cc1OC. The summed E-state index contributed by atoms with van der Waals surface area (Å²) in [6.07, 6.45) is 2.62. The zero-order chi connectivity index (χ0) is 21.3. The zero-order valence-electron chi connectivity index (χ0n) is 17.5. The van der Waals surface area contributed by atoms with Crippen LogP contribution in [0.1, 0.15) is 31.9 Å². The number of rotatable bonds is 10. The van der Waals surface area contributed by atoms with Crippen molar-refractivity contribution < 1.29 is 19.0 Å². The maximum absolute atomic E-state index is 12.4. The maximum Gasteiger partial charge on any atom is 0.273 e. The van der Waals surface area contributed by atoms with Crippen LogP contribution >= 0.6 is 0 Å². The smallest absolute Gasteiger partial charge is 0.273 e. The van der Waals surface area contributed by atoms with Crippen LogP contribution in [0.2, 0.25) is 0 Å². The molecule has 0 radical (unpaired) electrons. The Hall–Kier alpha value is -2.94. The van der Waals surface area contributed by atoms with E-state index in [4.69, 9.17) is 14.2 Å². The highest BCUT2D eigenvalue weighted by molar-refractivity contribution is 5.76. The van der Waals surface area contributed by atoms with Gasteiger partial charge < -0.3 is 24.1 Å². The molecule has 0 saturated carbocycles. The molecule has 9 heteroatoms. The van der Waals surface area contributed by atoms with Gasteiger partial charge in [0.15, 0.2) is 17.3 Å². The number of hydrogen-bond donors (Lipinski definition) is 1. The number of H-pyrrole nitrogens is 1. The van der Waals surface area contributed by atoms with Gasteiger partial charge in [-0.2, -0.15) is 0 Å². The fourth-order valence-electron chi connectivity index (χ4n) is 3.29. The van der Waals surface area contributed by atoms with Gasteiger partial charge in [-0.1, -0.05) is 0 Å². The molecule has 0 spiro atoms. The van der Waals surface area contributed by atoms with Gasteiger partial charge in [0.05, 0.1) is 13.7 Å². The Labute approximate surface area is 175 Å². The van der Waals surface area contributed by atoms with Crippen molar-refractivity contribution in [2.45, 2.75) is 32.6 Å². The van der Waals surface area contributed by atoms with E-state index in [1.165, 1.54) is 0 Å². The molecular formula is C21H28N4O5. The van der Waals surface area contributed by atoms with Crippen LogP contribution in [-0.4, -0.2) is 66.0 Å². The van der Waals surface area contributed by atoms with Gasteiger partial charge in [0.1, 0.15) is 12.3 Å². The van der Waals surface area contributed by atoms with Crippen molar-refractivity contribution in [1.29, 1.82) is 0 Å². The molecule has 3 rings (SSSR count). The lowest BCUT2D eigenvalue weighted by Crippen LogP contribution is -2.28.